The van der Waals surface area contributed by atoms with Crippen molar-refractivity contribution in [3.63, 3.8) is 0 Å². The second-order valence-electron chi connectivity index (χ2n) is 8.92. The molecule has 0 fully saturated rings. The van der Waals surface area contributed by atoms with Gasteiger partial charge in [0.25, 0.3) is 5.56 Å². The predicted octanol–water partition coefficient (Wildman–Crippen LogP) is 5.00. The van der Waals surface area contributed by atoms with Crippen molar-refractivity contribution in [2.75, 3.05) is 32.7 Å². The third-order valence-electron chi connectivity index (χ3n) is 6.47. The minimum atomic E-state index is -4.69. The van der Waals surface area contributed by atoms with Crippen molar-refractivity contribution in [1.82, 2.24) is 9.78 Å². The molecule has 7 nitrogen and oxygen atoms in total. The lowest BCUT2D eigenvalue weighted by molar-refractivity contribution is -0.137. The fourth-order valence-electron chi connectivity index (χ4n) is 4.62. The zero-order valence-corrected chi connectivity index (χ0v) is 20.8. The molecule has 0 spiro atoms. The molecular weight excluding hydrogens is 487 g/mol. The van der Waals surface area contributed by atoms with Crippen LogP contribution in [0, 0.1) is 0 Å². The Bertz CT molecular complexity index is 1300. The number of aromatic nitrogens is 2. The summed E-state index contributed by atoms with van der Waals surface area (Å²) in [5.41, 5.74) is 0.867. The standard InChI is InChI=1S/C27H30F3N3O4/c1-36-19-13-17(14-20(16-19)37-2)25-21-7-6-8-22(21)26(35)33(32-25)24-15-18(31-11-4-3-5-12-34)9-10-23(24)27(28,29)30/h9-10,13-16,31,34H,3-8,11-12H2,1-2H3. The Morgan fingerprint density at radius 3 is 2.35 bits per heavy atom. The van der Waals surface area contributed by atoms with E-state index in [0.29, 0.717) is 66.2 Å². The summed E-state index contributed by atoms with van der Waals surface area (Å²) in [5, 5.41) is 16.6. The fraction of sp³-hybridized carbons (Fsp3) is 0.407. The number of alkyl halides is 3. The summed E-state index contributed by atoms with van der Waals surface area (Å²) in [5.74, 6) is 1.01. The largest absolute Gasteiger partial charge is 0.497 e. The first-order valence-corrected chi connectivity index (χ1v) is 12.2. The number of anilines is 1. The second kappa shape index (κ2) is 11.2. The summed E-state index contributed by atoms with van der Waals surface area (Å²) in [4.78, 5) is 13.5. The van der Waals surface area contributed by atoms with Crippen LogP contribution in [0.5, 0.6) is 11.5 Å². The number of unbranched alkanes of at least 4 members (excludes halogenated alkanes) is 2. The number of hydrogen-bond donors (Lipinski definition) is 2. The minimum Gasteiger partial charge on any atom is -0.497 e. The SMILES string of the molecule is COc1cc(OC)cc(-c2nn(-c3cc(NCCCCCO)ccc3C(F)(F)F)c(=O)c3c2CCC3)c1. The van der Waals surface area contributed by atoms with Crippen LogP contribution in [0.2, 0.25) is 0 Å². The molecule has 3 aromatic rings. The van der Waals surface area contributed by atoms with E-state index in [1.54, 1.807) is 18.2 Å². The lowest BCUT2D eigenvalue weighted by atomic mass is 10.0. The van der Waals surface area contributed by atoms with E-state index in [-0.39, 0.29) is 12.3 Å². The second-order valence-corrected chi connectivity index (χ2v) is 8.92. The first-order valence-electron chi connectivity index (χ1n) is 12.2. The Kier molecular flexibility index (Phi) is 8.06. The summed E-state index contributed by atoms with van der Waals surface area (Å²) < 4.78 is 53.8. The number of methoxy groups -OCH3 is 2. The molecule has 1 heterocycles. The number of fused-ring (bicyclic) bond motifs is 1. The molecule has 1 aromatic heterocycles. The van der Waals surface area contributed by atoms with E-state index in [4.69, 9.17) is 14.6 Å². The number of benzene rings is 2. The van der Waals surface area contributed by atoms with Gasteiger partial charge in [-0.2, -0.15) is 23.0 Å². The van der Waals surface area contributed by atoms with E-state index in [2.05, 4.69) is 10.4 Å². The van der Waals surface area contributed by atoms with Crippen molar-refractivity contribution in [1.29, 1.82) is 0 Å². The average Bonchev–Trinajstić information content (AvgIpc) is 3.38. The van der Waals surface area contributed by atoms with Gasteiger partial charge in [0.05, 0.1) is 31.2 Å². The van der Waals surface area contributed by atoms with Crippen LogP contribution in [0.3, 0.4) is 0 Å². The summed E-state index contributed by atoms with van der Waals surface area (Å²) in [6.45, 7) is 0.616. The number of hydrogen-bond acceptors (Lipinski definition) is 6. The van der Waals surface area contributed by atoms with Crippen LogP contribution in [-0.2, 0) is 19.0 Å². The number of ether oxygens (including phenoxy) is 2. The summed E-state index contributed by atoms with van der Waals surface area (Å²) in [6, 6.07) is 8.80. The van der Waals surface area contributed by atoms with Gasteiger partial charge >= 0.3 is 6.18 Å². The van der Waals surface area contributed by atoms with Crippen molar-refractivity contribution >= 4 is 5.69 Å². The van der Waals surface area contributed by atoms with Gasteiger partial charge in [0.2, 0.25) is 0 Å². The Hall–Kier alpha value is -3.53. The van der Waals surface area contributed by atoms with Crippen LogP contribution in [0.25, 0.3) is 16.9 Å². The Labute approximate surface area is 212 Å². The predicted molar refractivity (Wildman–Crippen MR) is 135 cm³/mol. The normalized spacial score (nSPS) is 12.9. The van der Waals surface area contributed by atoms with Crippen LogP contribution in [0.15, 0.2) is 41.2 Å². The summed E-state index contributed by atoms with van der Waals surface area (Å²) in [7, 11) is 3.02. The number of halogens is 3. The summed E-state index contributed by atoms with van der Waals surface area (Å²) >= 11 is 0. The highest BCUT2D eigenvalue weighted by atomic mass is 19.4. The Balaban J connectivity index is 1.86. The lowest BCUT2D eigenvalue weighted by Crippen LogP contribution is -2.28. The van der Waals surface area contributed by atoms with Gasteiger partial charge in [0.1, 0.15) is 11.5 Å². The van der Waals surface area contributed by atoms with Gasteiger partial charge in [-0.05, 0) is 74.4 Å². The molecule has 0 unspecified atom stereocenters. The number of rotatable bonds is 10. The molecule has 0 bridgehead atoms. The van der Waals surface area contributed by atoms with E-state index in [0.717, 1.165) is 29.2 Å². The molecule has 0 atom stereocenters. The smallest absolute Gasteiger partial charge is 0.418 e. The fourth-order valence-corrected chi connectivity index (χ4v) is 4.62. The molecule has 37 heavy (non-hydrogen) atoms. The average molecular weight is 518 g/mol. The molecule has 1 aliphatic carbocycles. The topological polar surface area (TPSA) is 85.6 Å². The van der Waals surface area contributed by atoms with Gasteiger partial charge in [-0.25, -0.2) is 0 Å². The number of nitrogens with one attached hydrogen (secondary N) is 1. The van der Waals surface area contributed by atoms with Crippen molar-refractivity contribution < 1.29 is 27.8 Å². The van der Waals surface area contributed by atoms with E-state index in [9.17, 15) is 18.0 Å². The monoisotopic (exact) mass is 517 g/mol. The Morgan fingerprint density at radius 1 is 1.00 bits per heavy atom. The van der Waals surface area contributed by atoms with Crippen molar-refractivity contribution in [3.05, 3.63) is 63.4 Å². The van der Waals surface area contributed by atoms with Crippen LogP contribution in [0.4, 0.5) is 18.9 Å². The highest BCUT2D eigenvalue weighted by molar-refractivity contribution is 5.69. The zero-order chi connectivity index (χ0) is 26.6. The molecule has 4 rings (SSSR count). The number of nitrogens with zero attached hydrogens (tertiary/aromatic N) is 2. The van der Waals surface area contributed by atoms with E-state index in [1.165, 1.54) is 26.4 Å². The van der Waals surface area contributed by atoms with Crippen LogP contribution in [-0.4, -0.2) is 42.3 Å². The highest BCUT2D eigenvalue weighted by Crippen LogP contribution is 2.37. The van der Waals surface area contributed by atoms with Gasteiger partial charge in [-0.1, -0.05) is 0 Å². The minimum absolute atomic E-state index is 0.0961. The van der Waals surface area contributed by atoms with Gasteiger partial charge in [0.15, 0.2) is 0 Å². The maximum atomic E-state index is 14.1. The maximum Gasteiger partial charge on any atom is 0.418 e. The van der Waals surface area contributed by atoms with Crippen molar-refractivity contribution in [3.8, 4) is 28.4 Å². The van der Waals surface area contributed by atoms with Gasteiger partial charge in [-0.15, -0.1) is 0 Å². The number of aliphatic hydroxyl groups excluding tert-OH is 1. The van der Waals surface area contributed by atoms with Crippen LogP contribution < -0.4 is 20.3 Å². The van der Waals surface area contributed by atoms with E-state index in [1.807, 2.05) is 0 Å². The van der Waals surface area contributed by atoms with Crippen molar-refractivity contribution in [2.45, 2.75) is 44.7 Å². The first kappa shape index (κ1) is 26.5. The molecule has 0 amide bonds. The molecule has 2 aromatic carbocycles. The number of aliphatic hydroxyl groups is 1. The van der Waals surface area contributed by atoms with Crippen molar-refractivity contribution in [2.24, 2.45) is 0 Å². The first-order chi connectivity index (χ1) is 17.8. The molecule has 0 saturated carbocycles. The highest BCUT2D eigenvalue weighted by Gasteiger charge is 2.35. The molecular formula is C27H30F3N3O4. The van der Waals surface area contributed by atoms with E-state index < -0.39 is 17.3 Å². The van der Waals surface area contributed by atoms with Gasteiger partial charge in [0, 0.05) is 36.0 Å². The Morgan fingerprint density at radius 2 is 1.70 bits per heavy atom. The zero-order valence-electron chi connectivity index (χ0n) is 20.8. The molecule has 198 valence electrons. The molecule has 1 aliphatic rings. The maximum absolute atomic E-state index is 14.1. The molecule has 10 heteroatoms. The molecule has 0 radical (unpaired) electrons. The van der Waals surface area contributed by atoms with Gasteiger partial charge < -0.3 is 19.9 Å². The third kappa shape index (κ3) is 5.74. The lowest BCUT2D eigenvalue weighted by Gasteiger charge is -2.18. The van der Waals surface area contributed by atoms with E-state index >= 15 is 0 Å². The van der Waals surface area contributed by atoms with Gasteiger partial charge in [-0.3, -0.25) is 4.79 Å². The summed E-state index contributed by atoms with van der Waals surface area (Å²) in [6.07, 6.45) is -0.706. The third-order valence-corrected chi connectivity index (χ3v) is 6.47. The molecule has 2 N–H and O–H groups in total. The molecule has 0 aliphatic heterocycles. The quantitative estimate of drug-likeness (QED) is 0.368. The van der Waals surface area contributed by atoms with Crippen LogP contribution >= 0.6 is 0 Å². The van der Waals surface area contributed by atoms with Crippen LogP contribution in [0.1, 0.15) is 42.4 Å². The molecule has 0 saturated heterocycles.